The molecular weight excluding hydrogens is 305 g/mol. The molecular formula is C13H12Cl3N3. The summed E-state index contributed by atoms with van der Waals surface area (Å²) in [5, 5.41) is 4.73. The van der Waals surface area contributed by atoms with Gasteiger partial charge in [0, 0.05) is 12.1 Å². The lowest BCUT2D eigenvalue weighted by molar-refractivity contribution is 0.867. The van der Waals surface area contributed by atoms with Crippen LogP contribution >= 0.6 is 34.8 Å². The largest absolute Gasteiger partial charge is 0.363 e. The number of benzene rings is 1. The van der Waals surface area contributed by atoms with Gasteiger partial charge in [-0.25, -0.2) is 9.97 Å². The standard InChI is InChI=1S/C13H12Cl3N3/c1-7(9-3-4-10(14)11(15)5-9)17-13-6-12(16)18-8(2)19-13/h3-7H,1-2H3,(H,17,18,19). The molecule has 2 rings (SSSR count). The minimum absolute atomic E-state index is 0.0279. The summed E-state index contributed by atoms with van der Waals surface area (Å²) in [6.07, 6.45) is 0. The predicted octanol–water partition coefficient (Wildman–Crippen LogP) is 4.92. The third kappa shape index (κ3) is 3.72. The first kappa shape index (κ1) is 14.4. The molecule has 0 saturated carbocycles. The lowest BCUT2D eigenvalue weighted by Gasteiger charge is -2.16. The Kier molecular flexibility index (Phi) is 4.50. The van der Waals surface area contributed by atoms with Crippen LogP contribution in [-0.2, 0) is 0 Å². The monoisotopic (exact) mass is 315 g/mol. The molecule has 3 nitrogen and oxygen atoms in total. The van der Waals surface area contributed by atoms with E-state index in [1.165, 1.54) is 0 Å². The number of nitrogens with one attached hydrogen (secondary N) is 1. The van der Waals surface area contributed by atoms with Crippen molar-refractivity contribution in [2.24, 2.45) is 0 Å². The molecule has 0 bridgehead atoms. The Balaban J connectivity index is 2.20. The molecule has 0 aliphatic carbocycles. The number of rotatable bonds is 3. The fraction of sp³-hybridized carbons (Fsp3) is 0.231. The van der Waals surface area contributed by atoms with Crippen LogP contribution in [0.5, 0.6) is 0 Å². The maximum Gasteiger partial charge on any atom is 0.134 e. The Morgan fingerprint density at radius 1 is 1.05 bits per heavy atom. The summed E-state index contributed by atoms with van der Waals surface area (Å²) < 4.78 is 0. The Morgan fingerprint density at radius 2 is 1.79 bits per heavy atom. The molecule has 19 heavy (non-hydrogen) atoms. The van der Waals surface area contributed by atoms with Gasteiger partial charge in [0.25, 0.3) is 0 Å². The maximum absolute atomic E-state index is 6.00. The highest BCUT2D eigenvalue weighted by atomic mass is 35.5. The van der Waals surface area contributed by atoms with Gasteiger partial charge >= 0.3 is 0 Å². The minimum Gasteiger partial charge on any atom is -0.363 e. The van der Waals surface area contributed by atoms with Crippen molar-refractivity contribution in [2.75, 3.05) is 5.32 Å². The van der Waals surface area contributed by atoms with Crippen LogP contribution in [0, 0.1) is 6.92 Å². The van der Waals surface area contributed by atoms with E-state index in [2.05, 4.69) is 15.3 Å². The summed E-state index contributed by atoms with van der Waals surface area (Å²) >= 11 is 17.8. The SMILES string of the molecule is Cc1nc(Cl)cc(NC(C)c2ccc(Cl)c(Cl)c2)n1. The van der Waals surface area contributed by atoms with E-state index in [1.807, 2.05) is 19.1 Å². The zero-order valence-corrected chi connectivity index (χ0v) is 12.7. The highest BCUT2D eigenvalue weighted by molar-refractivity contribution is 6.42. The Labute approximate surface area is 126 Å². The summed E-state index contributed by atoms with van der Waals surface area (Å²) in [4.78, 5) is 8.29. The average molecular weight is 317 g/mol. The van der Waals surface area contributed by atoms with Crippen LogP contribution in [0.4, 0.5) is 5.82 Å². The molecule has 1 unspecified atom stereocenters. The first-order valence-electron chi connectivity index (χ1n) is 5.68. The van der Waals surface area contributed by atoms with Crippen LogP contribution < -0.4 is 5.32 Å². The molecule has 2 aromatic rings. The molecule has 0 aliphatic rings. The number of halogens is 3. The third-order valence-electron chi connectivity index (χ3n) is 2.61. The molecule has 1 aromatic heterocycles. The van der Waals surface area contributed by atoms with E-state index < -0.39 is 0 Å². The highest BCUT2D eigenvalue weighted by Crippen LogP contribution is 2.27. The van der Waals surface area contributed by atoms with E-state index >= 15 is 0 Å². The van der Waals surface area contributed by atoms with E-state index in [0.717, 1.165) is 5.56 Å². The van der Waals surface area contributed by atoms with E-state index in [9.17, 15) is 0 Å². The summed E-state index contributed by atoms with van der Waals surface area (Å²) in [6, 6.07) is 7.23. The molecule has 1 aromatic carbocycles. The molecule has 0 fully saturated rings. The Hall–Kier alpha value is -1.03. The second-order valence-corrected chi connectivity index (χ2v) is 5.36. The molecule has 0 spiro atoms. The van der Waals surface area contributed by atoms with Gasteiger partial charge in [0.2, 0.25) is 0 Å². The molecule has 0 aliphatic heterocycles. The summed E-state index contributed by atoms with van der Waals surface area (Å²) in [5.41, 5.74) is 1.02. The van der Waals surface area contributed by atoms with E-state index in [1.54, 1.807) is 19.1 Å². The van der Waals surface area contributed by atoms with Crippen LogP contribution in [0.3, 0.4) is 0 Å². The minimum atomic E-state index is 0.0279. The maximum atomic E-state index is 6.00. The van der Waals surface area contributed by atoms with Gasteiger partial charge in [0.1, 0.15) is 16.8 Å². The number of aryl methyl sites for hydroxylation is 1. The highest BCUT2D eigenvalue weighted by Gasteiger charge is 2.09. The zero-order chi connectivity index (χ0) is 14.0. The predicted molar refractivity (Wildman–Crippen MR) is 80.3 cm³/mol. The van der Waals surface area contributed by atoms with Crippen molar-refractivity contribution in [2.45, 2.75) is 19.9 Å². The first-order chi connectivity index (χ1) is 8.95. The molecule has 6 heteroatoms. The van der Waals surface area contributed by atoms with E-state index in [0.29, 0.717) is 26.8 Å². The molecule has 100 valence electrons. The molecule has 1 atom stereocenters. The van der Waals surface area contributed by atoms with Gasteiger partial charge < -0.3 is 5.32 Å². The smallest absolute Gasteiger partial charge is 0.134 e. The van der Waals surface area contributed by atoms with Crippen LogP contribution in [0.2, 0.25) is 15.2 Å². The number of hydrogen-bond acceptors (Lipinski definition) is 3. The summed E-state index contributed by atoms with van der Waals surface area (Å²) in [6.45, 7) is 3.80. The lowest BCUT2D eigenvalue weighted by atomic mass is 10.1. The normalized spacial score (nSPS) is 12.3. The van der Waals surface area contributed by atoms with Crippen LogP contribution in [0.1, 0.15) is 24.4 Å². The van der Waals surface area contributed by atoms with Crippen molar-refractivity contribution in [1.82, 2.24) is 9.97 Å². The fourth-order valence-corrected chi connectivity index (χ4v) is 2.22. The second kappa shape index (κ2) is 5.95. The summed E-state index contributed by atoms with van der Waals surface area (Å²) in [7, 11) is 0. The lowest BCUT2D eigenvalue weighted by Crippen LogP contribution is -2.09. The third-order valence-corrected chi connectivity index (χ3v) is 3.55. The van der Waals surface area contributed by atoms with Gasteiger partial charge in [-0.2, -0.15) is 0 Å². The van der Waals surface area contributed by atoms with Gasteiger partial charge in [-0.05, 0) is 31.5 Å². The van der Waals surface area contributed by atoms with Gasteiger partial charge in [0.15, 0.2) is 0 Å². The number of nitrogens with zero attached hydrogens (tertiary/aromatic N) is 2. The Morgan fingerprint density at radius 3 is 2.42 bits per heavy atom. The van der Waals surface area contributed by atoms with Crippen molar-refractivity contribution >= 4 is 40.6 Å². The molecule has 1 N–H and O–H groups in total. The number of anilines is 1. The quantitative estimate of drug-likeness (QED) is 0.817. The molecule has 0 radical (unpaired) electrons. The van der Waals surface area contributed by atoms with Crippen LogP contribution in [0.15, 0.2) is 24.3 Å². The van der Waals surface area contributed by atoms with Crippen LogP contribution in [-0.4, -0.2) is 9.97 Å². The summed E-state index contributed by atoms with van der Waals surface area (Å²) in [5.74, 6) is 1.30. The zero-order valence-electron chi connectivity index (χ0n) is 10.4. The van der Waals surface area contributed by atoms with Crippen molar-refractivity contribution < 1.29 is 0 Å². The van der Waals surface area contributed by atoms with Crippen molar-refractivity contribution in [3.05, 3.63) is 50.9 Å². The Bertz CT molecular complexity index is 581. The number of hydrogen-bond donors (Lipinski definition) is 1. The first-order valence-corrected chi connectivity index (χ1v) is 6.82. The topological polar surface area (TPSA) is 37.8 Å². The average Bonchev–Trinajstić information content (AvgIpc) is 2.31. The van der Waals surface area contributed by atoms with Crippen molar-refractivity contribution in [1.29, 1.82) is 0 Å². The van der Waals surface area contributed by atoms with Gasteiger partial charge in [0.05, 0.1) is 10.0 Å². The molecule has 0 saturated heterocycles. The molecule has 1 heterocycles. The fourth-order valence-electron chi connectivity index (χ4n) is 1.69. The van der Waals surface area contributed by atoms with E-state index in [4.69, 9.17) is 34.8 Å². The van der Waals surface area contributed by atoms with Crippen molar-refractivity contribution in [3.63, 3.8) is 0 Å². The molecule has 0 amide bonds. The van der Waals surface area contributed by atoms with E-state index in [-0.39, 0.29) is 6.04 Å². The van der Waals surface area contributed by atoms with Gasteiger partial charge in [-0.15, -0.1) is 0 Å². The van der Waals surface area contributed by atoms with Crippen molar-refractivity contribution in [3.8, 4) is 0 Å². The van der Waals surface area contributed by atoms with Gasteiger partial charge in [-0.3, -0.25) is 0 Å². The van der Waals surface area contributed by atoms with Crippen LogP contribution in [0.25, 0.3) is 0 Å². The number of aromatic nitrogens is 2. The second-order valence-electron chi connectivity index (χ2n) is 4.16. The van der Waals surface area contributed by atoms with Gasteiger partial charge in [-0.1, -0.05) is 40.9 Å².